The maximum Gasteiger partial charge on any atom is 0.442 e. The quantitative estimate of drug-likeness (QED) is 0.00479. The molecule has 718 valence electrons. The van der Waals surface area contributed by atoms with Crippen LogP contribution in [0.4, 0.5) is 16.6 Å². The minimum Gasteiger partial charge on any atom is -0.448 e. The van der Waals surface area contributed by atoms with Crippen LogP contribution in [0.5, 0.6) is 0 Å². The van der Waals surface area contributed by atoms with Crippen LogP contribution in [-0.2, 0) is 59.4 Å². The number of nitrogens with zero attached hydrogens (tertiary/aromatic N) is 22. The van der Waals surface area contributed by atoms with E-state index >= 15 is 0 Å². The fraction of sp³-hybridized carbons (Fsp3) is 0.417. The minimum atomic E-state index is -0.678. The van der Waals surface area contributed by atoms with Crippen molar-refractivity contribution in [3.05, 3.63) is 245 Å². The lowest BCUT2D eigenvalue weighted by molar-refractivity contribution is 0.164. The van der Waals surface area contributed by atoms with E-state index < -0.39 is 6.09 Å². The lowest BCUT2D eigenvalue weighted by Crippen LogP contribution is -2.19. The molecule has 2 fully saturated rings. The van der Waals surface area contributed by atoms with Crippen molar-refractivity contribution in [2.24, 2.45) is 10.7 Å². The maximum atomic E-state index is 12.1. The lowest BCUT2D eigenvalue weighted by atomic mass is 10.1. The van der Waals surface area contributed by atoms with E-state index in [0.29, 0.717) is 96.5 Å². The largest absolute Gasteiger partial charge is 0.448 e. The summed E-state index contributed by atoms with van der Waals surface area (Å²) in [5, 5.41) is 81.5. The molecule has 9 heterocycles. The van der Waals surface area contributed by atoms with Crippen LogP contribution in [0.2, 0.25) is 5.28 Å². The number of benzene rings is 4. The number of unbranched alkanes of at least 4 members (excludes halogenated alkanes) is 12. The molecule has 33 nitrogen and oxygen atoms in total. The predicted octanol–water partition coefficient (Wildman–Crippen LogP) is 22.1. The van der Waals surface area contributed by atoms with E-state index in [4.69, 9.17) is 83.4 Å². The van der Waals surface area contributed by atoms with Crippen LogP contribution in [0.25, 0.3) is 27.4 Å². The number of isothiocyanates is 1. The third kappa shape index (κ3) is 45.0. The topological polar surface area (TPSA) is 494 Å². The molecule has 0 unspecified atom stereocenters. The van der Waals surface area contributed by atoms with Crippen molar-refractivity contribution in [3.63, 3.8) is 0 Å². The molecule has 1 amide bonds. The molecule has 0 atom stereocenters. The second kappa shape index (κ2) is 69.9. The van der Waals surface area contributed by atoms with Gasteiger partial charge in [-0.15, -0.1) is 4.99 Å². The van der Waals surface area contributed by atoms with E-state index in [9.17, 15) is 14.4 Å². The highest BCUT2D eigenvalue weighted by Crippen LogP contribution is 2.30. The highest BCUT2D eigenvalue weighted by Gasteiger charge is 2.25. The molecule has 15 rings (SSSR count). The Morgan fingerprint density at radius 3 is 1.39 bits per heavy atom. The monoisotopic (exact) mass is 2020 g/mol. The van der Waals surface area contributed by atoms with Crippen LogP contribution in [0.3, 0.4) is 0 Å². The van der Waals surface area contributed by atoms with Crippen molar-refractivity contribution in [1.82, 2.24) is 88.5 Å². The first-order chi connectivity index (χ1) is 64.5. The third-order valence-electron chi connectivity index (χ3n) is 18.8. The SMILES string of the molecule is BrCc1ccccc1.C.C.C.C.CCOC(=O)N=C=S.N#CCCCCc1c[nH]n2c(=O)[nH]c(=S)nc12.N#CCCCCc1cn[nH]c1N.N#CCCCCc1cnn2c(=O)[nH]c(SCc3ccccc3)nc12.N#CCCCCc1cnn2c(Cl)nc(SCc3ccccc3)nc12.N#CCCCCc1cnn2c(NC3CC3)nc(SCc3ccccc3)nc12.NC1CC1.[C-]#[N+]CCCCC#N. The number of thioether (sulfide) groups is 3. The second-order valence-electron chi connectivity index (χ2n) is 29.2. The Balaban J connectivity index is 0.000000410. The first-order valence-corrected chi connectivity index (χ1v) is 48.3. The molecule has 2 saturated carbocycles. The summed E-state index contributed by atoms with van der Waals surface area (Å²) in [7, 11) is 0. The third-order valence-corrected chi connectivity index (χ3v) is 22.7. The number of halogens is 2. The Labute approximate surface area is 832 Å². The molecule has 13 aromatic rings. The zero-order valence-corrected chi connectivity index (χ0v) is 79.8. The summed E-state index contributed by atoms with van der Waals surface area (Å²) in [6, 6.07) is 54.7. The van der Waals surface area contributed by atoms with Gasteiger partial charge < -0.3 is 26.4 Å². The fourth-order valence-corrected chi connectivity index (χ4v) is 14.9. The van der Waals surface area contributed by atoms with Gasteiger partial charge in [0, 0.05) is 114 Å². The van der Waals surface area contributed by atoms with Gasteiger partial charge in [0.2, 0.25) is 22.5 Å². The van der Waals surface area contributed by atoms with Crippen molar-refractivity contribution in [2.45, 2.75) is 260 Å². The summed E-state index contributed by atoms with van der Waals surface area (Å²) in [6.45, 7) is 8.96. The molecular formula is C96H121BrClN29O4S5. The Hall–Kier alpha value is -12.8. The van der Waals surface area contributed by atoms with Gasteiger partial charge >= 0.3 is 17.5 Å². The van der Waals surface area contributed by atoms with Gasteiger partial charge in [0.15, 0.2) is 38.1 Å². The van der Waals surface area contributed by atoms with E-state index in [1.807, 2.05) is 94.7 Å². The number of carbonyl (C=O) groups excluding carboxylic acids is 1. The molecule has 40 heteroatoms. The number of nitrogen functional groups attached to an aromatic ring is 1. The van der Waals surface area contributed by atoms with Crippen molar-refractivity contribution in [2.75, 3.05) is 24.2 Å². The number of aliphatic imine (C=N–C) groups is 1. The van der Waals surface area contributed by atoms with E-state index in [-0.39, 0.29) is 45.9 Å². The van der Waals surface area contributed by atoms with E-state index in [1.54, 1.807) is 59.8 Å². The summed E-state index contributed by atoms with van der Waals surface area (Å²) in [4.78, 5) is 72.3. The zero-order valence-electron chi connectivity index (χ0n) is 73.3. The van der Waals surface area contributed by atoms with Gasteiger partial charge in [-0.05, 0) is 194 Å². The first-order valence-electron chi connectivity index (χ1n) is 43.0. The second-order valence-corrected chi connectivity index (χ2v) is 33.5. The van der Waals surface area contributed by atoms with Crippen molar-refractivity contribution >= 4 is 133 Å². The molecule has 0 saturated heterocycles. The molecule has 9 N–H and O–H groups in total. The number of hydrogen-bond donors (Lipinski definition) is 7. The number of fused-ring (bicyclic) bond motifs is 4. The van der Waals surface area contributed by atoms with Crippen molar-refractivity contribution in [3.8, 4) is 36.4 Å². The van der Waals surface area contributed by atoms with E-state index in [1.165, 1.54) is 68.7 Å². The lowest BCUT2D eigenvalue weighted by Gasteiger charge is -2.09. The summed E-state index contributed by atoms with van der Waals surface area (Å²) in [6.07, 6.45) is 31.5. The van der Waals surface area contributed by atoms with E-state index in [0.717, 1.165) is 182 Å². The number of H-pyrrole nitrogens is 4. The molecule has 0 spiro atoms. The minimum absolute atomic E-state index is 0. The van der Waals surface area contributed by atoms with Gasteiger partial charge in [-0.3, -0.25) is 20.2 Å². The maximum absolute atomic E-state index is 12.1. The van der Waals surface area contributed by atoms with Crippen LogP contribution in [-0.4, -0.2) is 125 Å². The summed E-state index contributed by atoms with van der Waals surface area (Å²) >= 11 is 23.3. The number of carbonyl (C=O) groups is 1. The van der Waals surface area contributed by atoms with Crippen LogP contribution < -0.4 is 28.2 Å². The standard InChI is InChI=1S/C20H22N6S.C17H16ClN5S.C17H17N5OS.C10H11N5OS.C8H12N4.C7H7Br.C6H8N2.C4H5NO2S.C3H7N.4CH4/c21-12-6-2-5-9-16-13-22-26-18(16)24-20(25-19(26)23-17-10-11-17)27-14-15-7-3-1-4-8-15;18-16-22-17(24-12-13-7-3-1-4-8-13)21-15-14(11-20-23(15)16)9-5-2-6-10-19;18-10-6-2-5-9-14-11-19-22-15(14)20-16(21-17(22)23)24-12-13-7-3-1-4-8-13;11-5-3-1-2-4-7-6-12-15-8(7)13-9(17)14-10(15)16;9-5-3-1-2-4-7-6-11-12-8(7)10;8-6-7-4-2-1-3-5-7;1-8-6-4-2-3-5-7;1-2-7-4(6)5-3-8;4-3-1-2-3;;;;/h1,3-4,7-8,13,17H,2,5-6,9-11,14H2,(H,23,24,25);1,3-4,7-8,11H,2,5-6,9,12H2;1,3-4,7-8,11H,2,5-6,9,12H2,(H,20,21,23);6,12H,1-4H2,(H,14,16,17);6H,1-4H2,(H3,10,11,12);1-5H,6H2;2-4,6H2;2H2,1H3;3H,1-2,4H2;4*1H4. The number of alkyl halides is 1. The van der Waals surface area contributed by atoms with Gasteiger partial charge in [0.1, 0.15) is 5.82 Å². The summed E-state index contributed by atoms with van der Waals surface area (Å²) < 4.78 is 10.5. The number of nitrogens with one attached hydrogen (secondary N) is 5. The van der Waals surface area contributed by atoms with Gasteiger partial charge in [0.25, 0.3) is 0 Å². The average Bonchev–Trinajstić information content (AvgIpc) is 1.52. The number of nitriles is 6. The summed E-state index contributed by atoms with van der Waals surface area (Å²) in [5.74, 6) is 3.80. The van der Waals surface area contributed by atoms with Crippen LogP contribution >= 0.6 is 87.3 Å². The Bertz CT molecular complexity index is 6170. The highest BCUT2D eigenvalue weighted by atomic mass is 79.9. The number of ether oxygens (including phenoxy) is 1. The number of anilines is 2. The molecule has 2 aliphatic rings. The number of thiocarbonyl (C=S) groups is 1. The fourth-order valence-electron chi connectivity index (χ4n) is 11.6. The number of nitrogens with two attached hydrogens (primary N) is 2. The van der Waals surface area contributed by atoms with Gasteiger partial charge in [-0.25, -0.2) is 40.9 Å². The number of rotatable bonds is 36. The molecule has 0 aliphatic heterocycles. The number of aromatic nitrogens is 18. The van der Waals surface area contributed by atoms with Crippen LogP contribution in [0.1, 0.15) is 228 Å². The summed E-state index contributed by atoms with van der Waals surface area (Å²) in [5.41, 5.74) is 23.1. The molecule has 136 heavy (non-hydrogen) atoms. The van der Waals surface area contributed by atoms with Crippen molar-refractivity contribution in [1.29, 1.82) is 31.6 Å². The van der Waals surface area contributed by atoms with Crippen molar-refractivity contribution < 1.29 is 9.53 Å². The Morgan fingerprint density at radius 2 is 0.971 bits per heavy atom. The van der Waals surface area contributed by atoms with Gasteiger partial charge in [-0.1, -0.05) is 202 Å². The number of amides is 1. The molecule has 9 aromatic heterocycles. The van der Waals surface area contributed by atoms with Crippen LogP contribution in [0.15, 0.2) is 182 Å². The predicted molar refractivity (Wildman–Crippen MR) is 551 cm³/mol. The normalized spacial score (nSPS) is 10.8. The van der Waals surface area contributed by atoms with E-state index in [2.05, 4.69) is 187 Å². The van der Waals surface area contributed by atoms with Gasteiger partial charge in [-0.2, -0.15) is 80.0 Å². The van der Waals surface area contributed by atoms with Crippen LogP contribution in [0, 0.1) is 79.3 Å². The molecule has 2 aliphatic carbocycles. The smallest absolute Gasteiger partial charge is 0.442 e. The zero-order chi connectivity index (χ0) is 94.6. The first kappa shape index (κ1) is 117. The number of hydrogen-bond acceptors (Lipinski definition) is 28. The Morgan fingerprint density at radius 1 is 0.551 bits per heavy atom. The Kier molecular flexibility index (Phi) is 60.3. The van der Waals surface area contributed by atoms with Gasteiger partial charge in [0.05, 0.1) is 73.0 Å². The molecular weight excluding hydrogens is 1900 g/mol. The molecule has 0 bridgehead atoms. The average molecular weight is 2020 g/mol. The number of aromatic amines is 4. The molecule has 0 radical (unpaired) electrons. The highest BCUT2D eigenvalue weighted by molar-refractivity contribution is 9.08. The molecule has 4 aromatic carbocycles. The number of aryl methyl sites for hydroxylation is 5.